The number of aromatic nitrogens is 2. The Kier molecular flexibility index (Phi) is 2.14. The number of hydrogen-bond donors (Lipinski definition) is 0. The van der Waals surface area contributed by atoms with E-state index in [-0.39, 0.29) is 0 Å². The summed E-state index contributed by atoms with van der Waals surface area (Å²) >= 11 is 3.41. The fourth-order valence-electron chi connectivity index (χ4n) is 1.19. The molecule has 0 saturated heterocycles. The van der Waals surface area contributed by atoms with Gasteiger partial charge in [0.15, 0.2) is 0 Å². The summed E-state index contributed by atoms with van der Waals surface area (Å²) in [5.41, 5.74) is 0.870. The van der Waals surface area contributed by atoms with Crippen LogP contribution >= 0.6 is 15.9 Å². The Morgan fingerprint density at radius 3 is 2.92 bits per heavy atom. The standard InChI is InChI=1S/C9H7BrN2O/c1-13-9-6-3-2-4-7(10)8(6)11-5-12-9/h2-5H,1H3. The van der Waals surface area contributed by atoms with Gasteiger partial charge in [-0.3, -0.25) is 0 Å². The maximum atomic E-state index is 5.11. The summed E-state index contributed by atoms with van der Waals surface area (Å²) in [7, 11) is 1.60. The molecule has 0 atom stereocenters. The van der Waals surface area contributed by atoms with Crippen LogP contribution in [0.3, 0.4) is 0 Å². The molecule has 66 valence electrons. The first-order chi connectivity index (χ1) is 6.33. The maximum Gasteiger partial charge on any atom is 0.224 e. The number of ether oxygens (including phenoxy) is 1. The van der Waals surface area contributed by atoms with Crippen molar-refractivity contribution in [2.75, 3.05) is 7.11 Å². The highest BCUT2D eigenvalue weighted by molar-refractivity contribution is 9.10. The van der Waals surface area contributed by atoms with E-state index < -0.39 is 0 Å². The molecular formula is C9H7BrN2O. The van der Waals surface area contributed by atoms with E-state index in [1.165, 1.54) is 6.33 Å². The van der Waals surface area contributed by atoms with Crippen LogP contribution in [0.1, 0.15) is 0 Å². The van der Waals surface area contributed by atoms with Crippen LogP contribution in [-0.2, 0) is 0 Å². The van der Waals surface area contributed by atoms with Crippen molar-refractivity contribution in [3.05, 3.63) is 29.0 Å². The molecule has 13 heavy (non-hydrogen) atoms. The molecule has 0 N–H and O–H groups in total. The number of hydrogen-bond acceptors (Lipinski definition) is 3. The number of fused-ring (bicyclic) bond motifs is 1. The van der Waals surface area contributed by atoms with Crippen molar-refractivity contribution < 1.29 is 4.74 Å². The average Bonchev–Trinajstić information content (AvgIpc) is 2.18. The van der Waals surface area contributed by atoms with Crippen molar-refractivity contribution in [2.24, 2.45) is 0 Å². The molecule has 2 aromatic rings. The molecule has 0 saturated carbocycles. The van der Waals surface area contributed by atoms with Crippen molar-refractivity contribution in [3.8, 4) is 5.88 Å². The largest absolute Gasteiger partial charge is 0.480 e. The number of methoxy groups -OCH3 is 1. The highest BCUT2D eigenvalue weighted by Gasteiger charge is 2.04. The van der Waals surface area contributed by atoms with Crippen LogP contribution in [0.5, 0.6) is 5.88 Å². The molecular weight excluding hydrogens is 232 g/mol. The van der Waals surface area contributed by atoms with Crippen LogP contribution in [0.4, 0.5) is 0 Å². The number of para-hydroxylation sites is 1. The van der Waals surface area contributed by atoms with E-state index in [2.05, 4.69) is 25.9 Å². The highest BCUT2D eigenvalue weighted by Crippen LogP contribution is 2.26. The van der Waals surface area contributed by atoms with Gasteiger partial charge in [-0.25, -0.2) is 9.97 Å². The van der Waals surface area contributed by atoms with Gasteiger partial charge < -0.3 is 4.74 Å². The quantitative estimate of drug-likeness (QED) is 0.766. The topological polar surface area (TPSA) is 35.0 Å². The van der Waals surface area contributed by atoms with Gasteiger partial charge in [-0.1, -0.05) is 6.07 Å². The Balaban J connectivity index is 2.84. The monoisotopic (exact) mass is 238 g/mol. The summed E-state index contributed by atoms with van der Waals surface area (Å²) in [4.78, 5) is 8.16. The molecule has 0 aliphatic rings. The van der Waals surface area contributed by atoms with Crippen molar-refractivity contribution in [2.45, 2.75) is 0 Å². The molecule has 0 unspecified atom stereocenters. The number of benzene rings is 1. The minimum atomic E-state index is 0.603. The van der Waals surface area contributed by atoms with Crippen LogP contribution in [0, 0.1) is 0 Å². The second kappa shape index (κ2) is 3.30. The lowest BCUT2D eigenvalue weighted by molar-refractivity contribution is 0.402. The summed E-state index contributed by atoms with van der Waals surface area (Å²) in [6, 6.07) is 5.80. The lowest BCUT2D eigenvalue weighted by Crippen LogP contribution is -1.90. The fourth-order valence-corrected chi connectivity index (χ4v) is 1.66. The average molecular weight is 239 g/mol. The Hall–Kier alpha value is -1.16. The lowest BCUT2D eigenvalue weighted by Gasteiger charge is -2.03. The highest BCUT2D eigenvalue weighted by atomic mass is 79.9. The smallest absolute Gasteiger partial charge is 0.224 e. The van der Waals surface area contributed by atoms with Gasteiger partial charge in [0, 0.05) is 4.47 Å². The predicted molar refractivity (Wildman–Crippen MR) is 53.8 cm³/mol. The van der Waals surface area contributed by atoms with E-state index in [1.54, 1.807) is 7.11 Å². The summed E-state index contributed by atoms with van der Waals surface area (Å²) in [5, 5.41) is 0.916. The first-order valence-electron chi connectivity index (χ1n) is 3.76. The van der Waals surface area contributed by atoms with E-state index in [1.807, 2.05) is 18.2 Å². The van der Waals surface area contributed by atoms with Crippen LogP contribution in [0.15, 0.2) is 29.0 Å². The molecule has 3 nitrogen and oxygen atoms in total. The van der Waals surface area contributed by atoms with Gasteiger partial charge in [0.1, 0.15) is 6.33 Å². The molecule has 0 amide bonds. The first-order valence-corrected chi connectivity index (χ1v) is 4.55. The van der Waals surface area contributed by atoms with E-state index in [0.717, 1.165) is 15.4 Å². The van der Waals surface area contributed by atoms with Crippen LogP contribution in [0.25, 0.3) is 10.9 Å². The van der Waals surface area contributed by atoms with Crippen molar-refractivity contribution >= 4 is 26.8 Å². The van der Waals surface area contributed by atoms with Crippen molar-refractivity contribution in [1.29, 1.82) is 0 Å². The molecule has 0 aliphatic heterocycles. The molecule has 1 aromatic heterocycles. The fraction of sp³-hybridized carbons (Fsp3) is 0.111. The van der Waals surface area contributed by atoms with E-state index in [0.29, 0.717) is 5.88 Å². The van der Waals surface area contributed by atoms with E-state index >= 15 is 0 Å². The van der Waals surface area contributed by atoms with Crippen LogP contribution in [0.2, 0.25) is 0 Å². The molecule has 0 spiro atoms. The summed E-state index contributed by atoms with van der Waals surface area (Å²) < 4.78 is 6.06. The zero-order valence-corrected chi connectivity index (χ0v) is 8.58. The second-order valence-corrected chi connectivity index (χ2v) is 3.37. The SMILES string of the molecule is COc1ncnc2c(Br)cccc12. The van der Waals surface area contributed by atoms with E-state index in [9.17, 15) is 0 Å². The second-order valence-electron chi connectivity index (χ2n) is 2.52. The number of halogens is 1. The third-order valence-corrected chi connectivity index (χ3v) is 2.41. The minimum absolute atomic E-state index is 0.603. The Bertz CT molecular complexity index is 445. The van der Waals surface area contributed by atoms with Gasteiger partial charge in [-0.2, -0.15) is 0 Å². The Labute approximate surface area is 83.9 Å². The van der Waals surface area contributed by atoms with E-state index in [4.69, 9.17) is 4.74 Å². The van der Waals surface area contributed by atoms with Gasteiger partial charge in [0.05, 0.1) is 18.0 Å². The predicted octanol–water partition coefficient (Wildman–Crippen LogP) is 2.40. The zero-order valence-electron chi connectivity index (χ0n) is 6.99. The van der Waals surface area contributed by atoms with Crippen molar-refractivity contribution in [1.82, 2.24) is 9.97 Å². The Morgan fingerprint density at radius 2 is 2.15 bits per heavy atom. The molecule has 0 radical (unpaired) electrons. The lowest BCUT2D eigenvalue weighted by atomic mass is 10.2. The van der Waals surface area contributed by atoms with Crippen LogP contribution in [-0.4, -0.2) is 17.1 Å². The summed E-state index contributed by atoms with van der Waals surface area (Å²) in [6.45, 7) is 0. The summed E-state index contributed by atoms with van der Waals surface area (Å²) in [5.74, 6) is 0.603. The van der Waals surface area contributed by atoms with Gasteiger partial charge in [0.2, 0.25) is 5.88 Å². The van der Waals surface area contributed by atoms with Gasteiger partial charge in [0.25, 0.3) is 0 Å². The molecule has 4 heteroatoms. The molecule has 0 aliphatic carbocycles. The third-order valence-electron chi connectivity index (χ3n) is 1.77. The molecule has 2 rings (SSSR count). The third kappa shape index (κ3) is 1.37. The van der Waals surface area contributed by atoms with Gasteiger partial charge in [-0.05, 0) is 28.1 Å². The Morgan fingerprint density at radius 1 is 1.31 bits per heavy atom. The van der Waals surface area contributed by atoms with Gasteiger partial charge in [-0.15, -0.1) is 0 Å². The van der Waals surface area contributed by atoms with Crippen LogP contribution < -0.4 is 4.74 Å². The maximum absolute atomic E-state index is 5.11. The summed E-state index contributed by atoms with van der Waals surface area (Å²) in [6.07, 6.45) is 1.49. The first kappa shape index (κ1) is 8.44. The molecule has 1 heterocycles. The molecule has 0 bridgehead atoms. The zero-order chi connectivity index (χ0) is 9.26. The van der Waals surface area contributed by atoms with Crippen molar-refractivity contribution in [3.63, 3.8) is 0 Å². The molecule has 1 aromatic carbocycles. The minimum Gasteiger partial charge on any atom is -0.480 e. The van der Waals surface area contributed by atoms with Gasteiger partial charge >= 0.3 is 0 Å². The normalized spacial score (nSPS) is 10.3. The number of rotatable bonds is 1. The number of nitrogens with zero attached hydrogens (tertiary/aromatic N) is 2. The molecule has 0 fully saturated rings.